The molecule has 5 nitrogen and oxygen atoms in total. The highest BCUT2D eigenvalue weighted by Gasteiger charge is 2.24. The molecule has 0 fully saturated rings. The number of rotatable bonds is 6. The summed E-state index contributed by atoms with van der Waals surface area (Å²) in [4.78, 5) is 0.0547. The van der Waals surface area contributed by atoms with E-state index in [0.717, 1.165) is 0 Å². The van der Waals surface area contributed by atoms with Crippen LogP contribution in [0.1, 0.15) is 18.5 Å². The van der Waals surface area contributed by atoms with Crippen LogP contribution in [0.25, 0.3) is 0 Å². The molecule has 130 valence electrons. The molecule has 24 heavy (non-hydrogen) atoms. The highest BCUT2D eigenvalue weighted by Crippen LogP contribution is 2.36. The van der Waals surface area contributed by atoms with Crippen molar-refractivity contribution in [3.63, 3.8) is 0 Å². The van der Waals surface area contributed by atoms with Crippen LogP contribution in [0.4, 0.5) is 0 Å². The number of hydrogen-bond acceptors (Lipinski definition) is 4. The Morgan fingerprint density at radius 1 is 1.12 bits per heavy atom. The van der Waals surface area contributed by atoms with Gasteiger partial charge in [-0.1, -0.05) is 29.8 Å². The van der Waals surface area contributed by atoms with Crippen molar-refractivity contribution in [2.45, 2.75) is 17.9 Å². The maximum atomic E-state index is 12.7. The fourth-order valence-electron chi connectivity index (χ4n) is 2.23. The topological polar surface area (TPSA) is 64.6 Å². The van der Waals surface area contributed by atoms with Crippen molar-refractivity contribution in [2.75, 3.05) is 14.2 Å². The Bertz CT molecular complexity index is 842. The van der Waals surface area contributed by atoms with Gasteiger partial charge in [-0.15, -0.1) is 0 Å². The van der Waals surface area contributed by atoms with Gasteiger partial charge in [-0.25, -0.2) is 13.1 Å². The zero-order valence-corrected chi connectivity index (χ0v) is 16.5. The van der Waals surface area contributed by atoms with Gasteiger partial charge in [0.15, 0.2) is 11.5 Å². The molecule has 2 rings (SSSR count). The van der Waals surface area contributed by atoms with Crippen LogP contribution in [-0.2, 0) is 10.0 Å². The lowest BCUT2D eigenvalue weighted by Gasteiger charge is -2.18. The molecule has 1 atom stereocenters. The first-order valence-corrected chi connectivity index (χ1v) is 9.64. The van der Waals surface area contributed by atoms with Gasteiger partial charge in [0.05, 0.1) is 14.2 Å². The summed E-state index contributed by atoms with van der Waals surface area (Å²) in [6.07, 6.45) is 0. The number of benzene rings is 2. The van der Waals surface area contributed by atoms with Crippen LogP contribution in [0, 0.1) is 0 Å². The van der Waals surface area contributed by atoms with E-state index in [-0.39, 0.29) is 4.90 Å². The highest BCUT2D eigenvalue weighted by molar-refractivity contribution is 9.10. The van der Waals surface area contributed by atoms with E-state index in [0.29, 0.717) is 26.6 Å². The van der Waals surface area contributed by atoms with E-state index in [4.69, 9.17) is 21.1 Å². The van der Waals surface area contributed by atoms with Gasteiger partial charge in [-0.3, -0.25) is 0 Å². The minimum atomic E-state index is -3.80. The fraction of sp³-hybridized carbons (Fsp3) is 0.250. The van der Waals surface area contributed by atoms with E-state index >= 15 is 0 Å². The summed E-state index contributed by atoms with van der Waals surface area (Å²) in [7, 11) is -0.875. The number of hydrogen-bond donors (Lipinski definition) is 1. The number of methoxy groups -OCH3 is 2. The van der Waals surface area contributed by atoms with E-state index in [2.05, 4.69) is 20.7 Å². The molecule has 8 heteroatoms. The molecule has 1 N–H and O–H groups in total. The van der Waals surface area contributed by atoms with Crippen LogP contribution < -0.4 is 14.2 Å². The van der Waals surface area contributed by atoms with Gasteiger partial charge < -0.3 is 9.47 Å². The first-order valence-electron chi connectivity index (χ1n) is 6.98. The van der Waals surface area contributed by atoms with Crippen molar-refractivity contribution in [3.8, 4) is 11.5 Å². The van der Waals surface area contributed by atoms with Crippen LogP contribution in [0.5, 0.6) is 11.5 Å². The number of halogens is 2. The average Bonchev–Trinajstić information content (AvgIpc) is 2.54. The first kappa shape index (κ1) is 19.1. The predicted molar refractivity (Wildman–Crippen MR) is 97.4 cm³/mol. The maximum absolute atomic E-state index is 12.7. The Morgan fingerprint density at radius 3 is 2.29 bits per heavy atom. The van der Waals surface area contributed by atoms with Crippen molar-refractivity contribution in [1.82, 2.24) is 4.72 Å². The Hall–Kier alpha value is -1.28. The second-order valence-electron chi connectivity index (χ2n) is 5.00. The minimum Gasteiger partial charge on any atom is -0.493 e. The maximum Gasteiger partial charge on any atom is 0.242 e. The lowest BCUT2D eigenvalue weighted by atomic mass is 10.1. The van der Waals surface area contributed by atoms with Gasteiger partial charge in [0, 0.05) is 21.6 Å². The molecular weight excluding hydrogens is 418 g/mol. The fourth-order valence-corrected chi connectivity index (χ4v) is 4.79. The standard InChI is InChI=1S/C16H17BrClNO4S/c1-10(11-6-4-5-7-13(11)18)19-24(20,21)16-9-15(23-3)14(22-2)8-12(16)17/h4-10,19H,1-3H3. The zero-order chi connectivity index (χ0) is 17.9. The smallest absolute Gasteiger partial charge is 0.242 e. The monoisotopic (exact) mass is 433 g/mol. The predicted octanol–water partition coefficient (Wildman–Crippen LogP) is 4.16. The van der Waals surface area contributed by atoms with Crippen molar-refractivity contribution in [3.05, 3.63) is 51.5 Å². The molecule has 2 aromatic carbocycles. The first-order chi connectivity index (χ1) is 11.3. The Kier molecular flexibility index (Phi) is 6.14. The van der Waals surface area contributed by atoms with Crippen LogP contribution in [-0.4, -0.2) is 22.6 Å². The second-order valence-corrected chi connectivity index (χ2v) is 7.95. The second kappa shape index (κ2) is 7.74. The summed E-state index contributed by atoms with van der Waals surface area (Å²) in [6.45, 7) is 1.73. The van der Waals surface area contributed by atoms with Crippen LogP contribution in [0.2, 0.25) is 5.02 Å². The van der Waals surface area contributed by atoms with Gasteiger partial charge in [-0.2, -0.15) is 0 Å². The van der Waals surface area contributed by atoms with Crippen molar-refractivity contribution in [1.29, 1.82) is 0 Å². The molecule has 0 aliphatic carbocycles. The summed E-state index contributed by atoms with van der Waals surface area (Å²) in [6, 6.07) is 9.55. The summed E-state index contributed by atoms with van der Waals surface area (Å²) in [5.41, 5.74) is 0.694. The van der Waals surface area contributed by atoms with Crippen LogP contribution in [0.15, 0.2) is 45.8 Å². The molecule has 0 saturated heterocycles. The molecule has 0 saturated carbocycles. The summed E-state index contributed by atoms with van der Waals surface area (Å²) < 4.78 is 38.8. The molecule has 0 heterocycles. The van der Waals surface area contributed by atoms with Crippen molar-refractivity contribution in [2.24, 2.45) is 0 Å². The zero-order valence-electron chi connectivity index (χ0n) is 13.3. The van der Waals surface area contributed by atoms with Gasteiger partial charge in [0.2, 0.25) is 10.0 Å². The van der Waals surface area contributed by atoms with Crippen LogP contribution >= 0.6 is 27.5 Å². The molecule has 0 bridgehead atoms. The molecule has 0 spiro atoms. The molecule has 1 unspecified atom stereocenters. The van der Waals surface area contributed by atoms with Gasteiger partial charge in [-0.05, 0) is 40.5 Å². The molecule has 0 aliphatic rings. The van der Waals surface area contributed by atoms with Gasteiger partial charge in [0.25, 0.3) is 0 Å². The van der Waals surface area contributed by atoms with Crippen molar-refractivity contribution >= 4 is 37.6 Å². The SMILES string of the molecule is COc1cc(Br)c(S(=O)(=O)NC(C)c2ccccc2Cl)cc1OC. The van der Waals surface area contributed by atoms with Crippen LogP contribution in [0.3, 0.4) is 0 Å². The number of nitrogens with one attached hydrogen (secondary N) is 1. The Labute approximate surface area is 155 Å². The lowest BCUT2D eigenvalue weighted by Crippen LogP contribution is -2.27. The Balaban J connectivity index is 2.39. The third-order valence-electron chi connectivity index (χ3n) is 3.43. The van der Waals surface area contributed by atoms with Gasteiger partial charge in [0.1, 0.15) is 4.90 Å². The van der Waals surface area contributed by atoms with E-state index in [9.17, 15) is 8.42 Å². The summed E-state index contributed by atoms with van der Waals surface area (Å²) in [5.74, 6) is 0.758. The van der Waals surface area contributed by atoms with Crippen molar-refractivity contribution < 1.29 is 17.9 Å². The Morgan fingerprint density at radius 2 is 1.71 bits per heavy atom. The highest BCUT2D eigenvalue weighted by atomic mass is 79.9. The normalized spacial score (nSPS) is 12.7. The minimum absolute atomic E-state index is 0.0547. The van der Waals surface area contributed by atoms with Gasteiger partial charge >= 0.3 is 0 Å². The number of ether oxygens (including phenoxy) is 2. The lowest BCUT2D eigenvalue weighted by molar-refractivity contribution is 0.353. The summed E-state index contributed by atoms with van der Waals surface area (Å²) >= 11 is 9.40. The molecule has 2 aromatic rings. The van der Waals surface area contributed by atoms with E-state index in [1.165, 1.54) is 20.3 Å². The molecule has 0 aromatic heterocycles. The largest absolute Gasteiger partial charge is 0.493 e. The third-order valence-corrected chi connectivity index (χ3v) is 6.27. The average molecular weight is 435 g/mol. The molecular formula is C16H17BrClNO4S. The third kappa shape index (κ3) is 4.03. The van der Waals surface area contributed by atoms with E-state index in [1.807, 2.05) is 0 Å². The molecule has 0 amide bonds. The molecule has 0 radical (unpaired) electrons. The van der Waals surface area contributed by atoms with E-state index < -0.39 is 16.1 Å². The quantitative estimate of drug-likeness (QED) is 0.741. The summed E-state index contributed by atoms with van der Waals surface area (Å²) in [5, 5.41) is 0.499. The molecule has 0 aliphatic heterocycles. The number of sulfonamides is 1. The van der Waals surface area contributed by atoms with E-state index in [1.54, 1.807) is 37.3 Å².